The molecule has 266 valence electrons. The van der Waals surface area contributed by atoms with Crippen molar-refractivity contribution >= 4 is 53.4 Å². The van der Waals surface area contributed by atoms with Crippen molar-refractivity contribution < 1.29 is 28.9 Å². The topological polar surface area (TPSA) is 88.5 Å². The zero-order valence-corrected chi connectivity index (χ0v) is 32.9. The van der Waals surface area contributed by atoms with Crippen LogP contribution in [-0.4, -0.2) is 62.9 Å². The van der Waals surface area contributed by atoms with Gasteiger partial charge in [0.25, 0.3) is 5.91 Å². The molecule has 1 spiro atoms. The maximum absolute atomic E-state index is 15.2. The number of benzene rings is 4. The summed E-state index contributed by atoms with van der Waals surface area (Å²) in [5, 5.41) is 11.6. The number of amides is 2. The van der Waals surface area contributed by atoms with Crippen LogP contribution < -0.4 is 19.6 Å². The lowest BCUT2D eigenvalue weighted by molar-refractivity contribution is -0.151. The molecular weight excluding hydrogens is 771 g/mol. The second kappa shape index (κ2) is 14.0. The zero-order chi connectivity index (χ0) is 36.1. The lowest BCUT2D eigenvalue weighted by atomic mass is 9.82. The Morgan fingerprint density at radius 3 is 2.35 bits per heavy atom. The van der Waals surface area contributed by atoms with Gasteiger partial charge < -0.3 is 29.1 Å². The van der Waals surface area contributed by atoms with Crippen LogP contribution in [0.4, 0.5) is 5.69 Å². The van der Waals surface area contributed by atoms with Crippen LogP contribution in [0.25, 0.3) is 0 Å². The van der Waals surface area contributed by atoms with Gasteiger partial charge in [-0.05, 0) is 93.7 Å². The number of carbonyl (C=O) groups excluding carboxylic acids is 2. The van der Waals surface area contributed by atoms with Gasteiger partial charge in [0.2, 0.25) is 5.91 Å². The molecule has 0 saturated carbocycles. The fraction of sp³-hybridized carbons (Fsp3) is 0.366. The molecule has 3 heterocycles. The number of anilines is 1. The number of halogens is 1. The monoisotopic (exact) mass is 816 g/mol. The highest BCUT2D eigenvalue weighted by Crippen LogP contribution is 2.60. The summed E-state index contributed by atoms with van der Waals surface area (Å²) in [4.78, 5) is 33.4. The van der Waals surface area contributed by atoms with Gasteiger partial charge in [0.05, 0.1) is 59.7 Å². The molecule has 0 radical (unpaired) electrons. The van der Waals surface area contributed by atoms with Crippen LogP contribution in [0.15, 0.2) is 91.0 Å². The molecule has 1 saturated heterocycles. The van der Waals surface area contributed by atoms with Gasteiger partial charge in [-0.2, -0.15) is 0 Å². The van der Waals surface area contributed by atoms with E-state index >= 15 is 4.79 Å². The summed E-state index contributed by atoms with van der Waals surface area (Å²) >= 11 is 2.30. The molecule has 7 rings (SSSR count). The zero-order valence-electron chi connectivity index (χ0n) is 29.8. The first kappa shape index (κ1) is 35.7. The molecule has 0 unspecified atom stereocenters. The minimum Gasteiger partial charge on any atom is -0.497 e. The molecule has 4 aromatic rings. The van der Waals surface area contributed by atoms with Crippen molar-refractivity contribution in [2.24, 2.45) is 5.92 Å². The third kappa shape index (κ3) is 6.17. The second-order valence-corrected chi connectivity index (χ2v) is 20.5. The Kier molecular flexibility index (Phi) is 9.81. The van der Waals surface area contributed by atoms with Crippen LogP contribution in [0.5, 0.6) is 11.5 Å². The number of fused-ring (bicyclic) bond motifs is 3. The standard InChI is InChI=1S/C41H45IN2O6Si/c1-26-39(51(4,5)34-16-13-32(48-2)14-17-34)37(22-38(46)43-24-29-11-7-6-10-28(29)20-31(43)25-45)50-41(26)35-21-33(49-3)15-18-36(35)44(40(41)47)23-27-9-8-12-30(42)19-27/h6-19,21,26,31,37,39,45H,20,22-25H2,1-5H3/t26-,31+,37+,39-,41+/m1/s1. The van der Waals surface area contributed by atoms with E-state index in [4.69, 9.17) is 14.2 Å². The van der Waals surface area contributed by atoms with E-state index in [1.807, 2.05) is 70.5 Å². The first-order chi connectivity index (χ1) is 24.5. The summed E-state index contributed by atoms with van der Waals surface area (Å²) < 4.78 is 19.6. The quantitative estimate of drug-likeness (QED) is 0.155. The fourth-order valence-corrected chi connectivity index (χ4v) is 13.5. The van der Waals surface area contributed by atoms with Crippen LogP contribution in [-0.2, 0) is 39.4 Å². The molecule has 3 aliphatic heterocycles. The lowest BCUT2D eigenvalue weighted by Crippen LogP contribution is -2.52. The third-order valence-corrected chi connectivity index (χ3v) is 16.6. The van der Waals surface area contributed by atoms with E-state index in [0.717, 1.165) is 37.3 Å². The first-order valence-electron chi connectivity index (χ1n) is 17.6. The molecule has 4 aromatic carbocycles. The van der Waals surface area contributed by atoms with Crippen molar-refractivity contribution in [1.29, 1.82) is 0 Å². The number of nitrogens with zero attached hydrogens (tertiary/aromatic N) is 2. The predicted molar refractivity (Wildman–Crippen MR) is 209 cm³/mol. The number of methoxy groups -OCH3 is 2. The van der Waals surface area contributed by atoms with E-state index in [0.29, 0.717) is 25.3 Å². The smallest absolute Gasteiger partial charge is 0.264 e. The molecule has 2 amide bonds. The molecule has 8 nitrogen and oxygen atoms in total. The van der Waals surface area contributed by atoms with Crippen LogP contribution in [0.2, 0.25) is 18.6 Å². The molecule has 0 aromatic heterocycles. The molecule has 10 heteroatoms. The molecule has 5 atom stereocenters. The average Bonchev–Trinajstić information content (AvgIpc) is 3.56. The lowest BCUT2D eigenvalue weighted by Gasteiger charge is -2.39. The van der Waals surface area contributed by atoms with Gasteiger partial charge in [-0.15, -0.1) is 0 Å². The largest absolute Gasteiger partial charge is 0.497 e. The molecule has 0 bridgehead atoms. The van der Waals surface area contributed by atoms with Gasteiger partial charge in [0, 0.05) is 21.6 Å². The normalized spacial score (nSPS) is 24.1. The highest BCUT2D eigenvalue weighted by atomic mass is 127. The van der Waals surface area contributed by atoms with E-state index in [1.165, 1.54) is 5.19 Å². The first-order valence-corrected chi connectivity index (χ1v) is 21.7. The number of rotatable bonds is 9. The molecule has 3 aliphatic rings. The van der Waals surface area contributed by atoms with Crippen LogP contribution >= 0.6 is 22.6 Å². The Balaban J connectivity index is 1.32. The number of carbonyl (C=O) groups is 2. The summed E-state index contributed by atoms with van der Waals surface area (Å²) in [6.07, 6.45) is 0.151. The number of hydrogen-bond acceptors (Lipinski definition) is 6. The Hall–Kier alpha value is -3.71. The summed E-state index contributed by atoms with van der Waals surface area (Å²) in [6.45, 7) is 7.47. The van der Waals surface area contributed by atoms with E-state index in [2.05, 4.69) is 72.9 Å². The van der Waals surface area contributed by atoms with Gasteiger partial charge >= 0.3 is 0 Å². The molecular formula is C41H45IN2O6Si. The van der Waals surface area contributed by atoms with E-state index in [-0.39, 0.29) is 42.3 Å². The van der Waals surface area contributed by atoms with Gasteiger partial charge in [-0.3, -0.25) is 9.59 Å². The van der Waals surface area contributed by atoms with Crippen LogP contribution in [0.3, 0.4) is 0 Å². The van der Waals surface area contributed by atoms with Crippen LogP contribution in [0, 0.1) is 9.49 Å². The van der Waals surface area contributed by atoms with Crippen LogP contribution in [0.1, 0.15) is 35.6 Å². The minimum atomic E-state index is -2.48. The molecule has 51 heavy (non-hydrogen) atoms. The maximum atomic E-state index is 15.2. The van der Waals surface area contributed by atoms with Crippen molar-refractivity contribution in [1.82, 2.24) is 4.90 Å². The van der Waals surface area contributed by atoms with Crippen molar-refractivity contribution in [3.8, 4) is 11.5 Å². The maximum Gasteiger partial charge on any atom is 0.264 e. The third-order valence-electron chi connectivity index (χ3n) is 11.5. The number of hydrogen-bond donors (Lipinski definition) is 1. The Morgan fingerprint density at radius 1 is 0.961 bits per heavy atom. The Morgan fingerprint density at radius 2 is 1.67 bits per heavy atom. The highest BCUT2D eigenvalue weighted by molar-refractivity contribution is 14.1. The predicted octanol–water partition coefficient (Wildman–Crippen LogP) is 6.41. The SMILES string of the molecule is COc1ccc([Si](C)(C)[C@H]2[C@H](CC(=O)N3Cc4ccccc4C[C@H]3CO)O[C@@]3(C(=O)N(Cc4cccc(I)c4)c4ccc(OC)cc43)[C@@H]2C)cc1. The second-order valence-electron chi connectivity index (χ2n) is 14.6. The van der Waals surface area contributed by atoms with E-state index in [1.54, 1.807) is 14.2 Å². The summed E-state index contributed by atoms with van der Waals surface area (Å²) in [5.41, 5.74) is 3.43. The molecule has 1 fully saturated rings. The van der Waals surface area contributed by atoms with Crippen molar-refractivity contribution in [3.05, 3.63) is 117 Å². The number of aliphatic hydroxyl groups is 1. The Bertz CT molecular complexity index is 1950. The fourth-order valence-electron chi connectivity index (χ4n) is 8.93. The highest BCUT2D eigenvalue weighted by Gasteiger charge is 2.66. The number of ether oxygens (including phenoxy) is 3. The summed E-state index contributed by atoms with van der Waals surface area (Å²) in [7, 11) is 0.811. The summed E-state index contributed by atoms with van der Waals surface area (Å²) in [6, 6.07) is 30.0. The number of aliphatic hydroxyl groups excluding tert-OH is 1. The molecule has 0 aliphatic carbocycles. The van der Waals surface area contributed by atoms with Crippen molar-refractivity contribution in [2.75, 3.05) is 25.7 Å². The van der Waals surface area contributed by atoms with Crippen molar-refractivity contribution in [3.63, 3.8) is 0 Å². The molecule has 1 N–H and O–H groups in total. The Labute approximate surface area is 314 Å². The van der Waals surface area contributed by atoms with Gasteiger partial charge in [-0.1, -0.05) is 73.7 Å². The average molecular weight is 817 g/mol. The summed E-state index contributed by atoms with van der Waals surface area (Å²) in [5.74, 6) is 0.967. The van der Waals surface area contributed by atoms with E-state index < -0.39 is 19.8 Å². The van der Waals surface area contributed by atoms with Crippen molar-refractivity contribution in [2.45, 2.75) is 69.2 Å². The van der Waals surface area contributed by atoms with Gasteiger partial charge in [-0.25, -0.2) is 0 Å². The van der Waals surface area contributed by atoms with E-state index in [9.17, 15) is 9.90 Å². The van der Waals surface area contributed by atoms with Gasteiger partial charge in [0.1, 0.15) is 11.5 Å². The van der Waals surface area contributed by atoms with Gasteiger partial charge in [0.15, 0.2) is 5.60 Å². The minimum absolute atomic E-state index is 0.0747.